The zero-order valence-corrected chi connectivity index (χ0v) is 12.3. The molecule has 2 heterocycles. The molecule has 4 rings (SSSR count). The maximum absolute atomic E-state index is 12.6. The summed E-state index contributed by atoms with van der Waals surface area (Å²) in [6.45, 7) is 0.609. The van der Waals surface area contributed by atoms with Gasteiger partial charge in [0.05, 0.1) is 12.2 Å². The van der Waals surface area contributed by atoms with E-state index >= 15 is 0 Å². The van der Waals surface area contributed by atoms with E-state index in [9.17, 15) is 9.59 Å². The Hall–Kier alpha value is -2.82. The molecule has 2 aromatic carbocycles. The summed E-state index contributed by atoms with van der Waals surface area (Å²) >= 11 is 0. The van der Waals surface area contributed by atoms with E-state index in [0.717, 1.165) is 5.56 Å². The zero-order valence-electron chi connectivity index (χ0n) is 12.3. The van der Waals surface area contributed by atoms with Crippen LogP contribution in [-0.2, 0) is 16.1 Å². The lowest BCUT2D eigenvalue weighted by atomic mass is 9.94. The number of benzene rings is 2. The van der Waals surface area contributed by atoms with E-state index in [4.69, 9.17) is 14.2 Å². The standard InChI is InChI=1S/C18H14O5/c19-16-14-10-13(22-11-12-4-2-1-3-5-12)6-7-15(14)23-18(16)8-9-21-17(18)20/h1-7,10H,8-9,11H2. The fraction of sp³-hybridized carbons (Fsp3) is 0.222. The number of hydrogen-bond donors (Lipinski definition) is 0. The average Bonchev–Trinajstić information content (AvgIpc) is 3.08. The van der Waals surface area contributed by atoms with Crippen molar-refractivity contribution in [3.63, 3.8) is 0 Å². The molecule has 2 aromatic rings. The maximum atomic E-state index is 12.6. The number of fused-ring (bicyclic) bond motifs is 1. The molecular formula is C18H14O5. The van der Waals surface area contributed by atoms with Crippen molar-refractivity contribution in [3.8, 4) is 11.5 Å². The first-order valence-corrected chi connectivity index (χ1v) is 7.41. The van der Waals surface area contributed by atoms with E-state index < -0.39 is 11.6 Å². The first-order chi connectivity index (χ1) is 11.2. The van der Waals surface area contributed by atoms with Crippen molar-refractivity contribution in [2.45, 2.75) is 18.6 Å². The Balaban J connectivity index is 1.56. The smallest absolute Gasteiger partial charge is 0.358 e. The fourth-order valence-electron chi connectivity index (χ4n) is 2.86. The molecule has 0 bridgehead atoms. The molecule has 1 saturated heterocycles. The van der Waals surface area contributed by atoms with Crippen LogP contribution in [0.15, 0.2) is 48.5 Å². The van der Waals surface area contributed by atoms with Gasteiger partial charge >= 0.3 is 5.97 Å². The Morgan fingerprint density at radius 1 is 1.09 bits per heavy atom. The minimum atomic E-state index is -1.49. The van der Waals surface area contributed by atoms with Crippen LogP contribution in [0.3, 0.4) is 0 Å². The van der Waals surface area contributed by atoms with E-state index in [0.29, 0.717) is 23.7 Å². The number of esters is 1. The van der Waals surface area contributed by atoms with Crippen molar-refractivity contribution in [3.05, 3.63) is 59.7 Å². The van der Waals surface area contributed by atoms with Crippen LogP contribution in [0.25, 0.3) is 0 Å². The predicted octanol–water partition coefficient (Wildman–Crippen LogP) is 2.53. The Morgan fingerprint density at radius 3 is 2.65 bits per heavy atom. The van der Waals surface area contributed by atoms with Crippen molar-refractivity contribution in [1.82, 2.24) is 0 Å². The number of hydrogen-bond acceptors (Lipinski definition) is 5. The van der Waals surface area contributed by atoms with Crippen molar-refractivity contribution < 1.29 is 23.8 Å². The lowest BCUT2D eigenvalue weighted by Crippen LogP contribution is -2.44. The topological polar surface area (TPSA) is 61.8 Å². The number of carbonyl (C=O) groups is 2. The third-order valence-electron chi connectivity index (χ3n) is 4.11. The van der Waals surface area contributed by atoms with Gasteiger partial charge in [0.25, 0.3) is 5.60 Å². The van der Waals surface area contributed by atoms with Gasteiger partial charge in [-0.3, -0.25) is 4.79 Å². The normalized spacial score (nSPS) is 21.9. The summed E-state index contributed by atoms with van der Waals surface area (Å²) in [5, 5.41) is 0. The number of cyclic esters (lactones) is 1. The monoisotopic (exact) mass is 310 g/mol. The molecule has 0 N–H and O–H groups in total. The second kappa shape index (κ2) is 5.12. The maximum Gasteiger partial charge on any atom is 0.358 e. The van der Waals surface area contributed by atoms with Crippen LogP contribution in [0.5, 0.6) is 11.5 Å². The van der Waals surface area contributed by atoms with Crippen LogP contribution in [0, 0.1) is 0 Å². The van der Waals surface area contributed by atoms with Crippen molar-refractivity contribution >= 4 is 11.8 Å². The molecule has 116 valence electrons. The Labute approximate surface area is 132 Å². The molecule has 2 aliphatic rings. The molecule has 1 spiro atoms. The Morgan fingerprint density at radius 2 is 1.91 bits per heavy atom. The van der Waals surface area contributed by atoms with E-state index in [1.165, 1.54) is 0 Å². The van der Waals surface area contributed by atoms with Crippen LogP contribution in [0.2, 0.25) is 0 Å². The molecule has 0 amide bonds. The number of Topliss-reactive ketones (excluding diaryl/α,β-unsaturated/α-hetero) is 1. The van der Waals surface area contributed by atoms with Gasteiger partial charge in [0, 0.05) is 6.42 Å². The largest absolute Gasteiger partial charge is 0.489 e. The number of ketones is 1. The predicted molar refractivity (Wildman–Crippen MR) is 80.5 cm³/mol. The molecule has 23 heavy (non-hydrogen) atoms. The summed E-state index contributed by atoms with van der Waals surface area (Å²) < 4.78 is 16.2. The molecular weight excluding hydrogens is 296 g/mol. The highest BCUT2D eigenvalue weighted by molar-refractivity contribution is 6.20. The van der Waals surface area contributed by atoms with Gasteiger partial charge in [-0.05, 0) is 23.8 Å². The lowest BCUT2D eigenvalue weighted by Gasteiger charge is -2.15. The first kappa shape index (κ1) is 13.8. The van der Waals surface area contributed by atoms with E-state index in [1.807, 2.05) is 30.3 Å². The lowest BCUT2D eigenvalue weighted by molar-refractivity contribution is -0.147. The van der Waals surface area contributed by atoms with Crippen molar-refractivity contribution in [1.29, 1.82) is 0 Å². The molecule has 0 aromatic heterocycles. The van der Waals surface area contributed by atoms with Gasteiger partial charge in [-0.2, -0.15) is 0 Å². The van der Waals surface area contributed by atoms with E-state index in [2.05, 4.69) is 0 Å². The van der Waals surface area contributed by atoms with Gasteiger partial charge in [-0.15, -0.1) is 0 Å². The van der Waals surface area contributed by atoms with Crippen LogP contribution in [0.1, 0.15) is 22.3 Å². The molecule has 5 heteroatoms. The van der Waals surface area contributed by atoms with Crippen LogP contribution < -0.4 is 9.47 Å². The molecule has 1 atom stereocenters. The molecule has 2 aliphatic heterocycles. The second-order valence-electron chi connectivity index (χ2n) is 5.58. The minimum absolute atomic E-state index is 0.204. The third-order valence-corrected chi connectivity index (χ3v) is 4.11. The summed E-state index contributed by atoms with van der Waals surface area (Å²) in [5.74, 6) is 0.0134. The highest BCUT2D eigenvalue weighted by atomic mass is 16.6. The van der Waals surface area contributed by atoms with Crippen LogP contribution in [0.4, 0.5) is 0 Å². The Bertz CT molecular complexity index is 783. The SMILES string of the molecule is O=C1OCCC12Oc1ccc(OCc3ccccc3)cc1C2=O. The van der Waals surface area contributed by atoms with Gasteiger partial charge in [0.15, 0.2) is 0 Å². The third kappa shape index (κ3) is 2.16. The quantitative estimate of drug-likeness (QED) is 0.644. The Kier molecular flexibility index (Phi) is 3.08. The van der Waals surface area contributed by atoms with Crippen LogP contribution >= 0.6 is 0 Å². The number of carbonyl (C=O) groups excluding carboxylic acids is 2. The van der Waals surface area contributed by atoms with Gasteiger partial charge in [0.2, 0.25) is 5.78 Å². The highest BCUT2D eigenvalue weighted by Gasteiger charge is 2.58. The summed E-state index contributed by atoms with van der Waals surface area (Å²) in [7, 11) is 0. The molecule has 1 unspecified atom stereocenters. The molecule has 0 radical (unpaired) electrons. The zero-order chi connectivity index (χ0) is 15.9. The van der Waals surface area contributed by atoms with Gasteiger partial charge in [-0.1, -0.05) is 30.3 Å². The summed E-state index contributed by atoms with van der Waals surface area (Å²) in [6.07, 6.45) is 0.250. The fourth-order valence-corrected chi connectivity index (χ4v) is 2.86. The van der Waals surface area contributed by atoms with Crippen molar-refractivity contribution in [2.24, 2.45) is 0 Å². The van der Waals surface area contributed by atoms with Gasteiger partial charge < -0.3 is 14.2 Å². The van der Waals surface area contributed by atoms with Crippen molar-refractivity contribution in [2.75, 3.05) is 6.61 Å². The molecule has 5 nitrogen and oxygen atoms in total. The van der Waals surface area contributed by atoms with Gasteiger partial charge in [-0.25, -0.2) is 4.79 Å². The highest BCUT2D eigenvalue weighted by Crippen LogP contribution is 2.41. The second-order valence-corrected chi connectivity index (χ2v) is 5.58. The summed E-state index contributed by atoms with van der Waals surface area (Å²) in [6, 6.07) is 14.8. The molecule has 0 aliphatic carbocycles. The molecule has 1 fully saturated rings. The summed E-state index contributed by atoms with van der Waals surface area (Å²) in [4.78, 5) is 24.4. The number of rotatable bonds is 3. The molecule has 0 saturated carbocycles. The van der Waals surface area contributed by atoms with Gasteiger partial charge in [0.1, 0.15) is 18.1 Å². The summed E-state index contributed by atoms with van der Waals surface area (Å²) in [5.41, 5.74) is -0.0822. The average molecular weight is 310 g/mol. The first-order valence-electron chi connectivity index (χ1n) is 7.41. The van der Waals surface area contributed by atoms with Crippen LogP contribution in [-0.4, -0.2) is 24.0 Å². The van der Waals surface area contributed by atoms with E-state index in [-0.39, 0.29) is 18.8 Å². The van der Waals surface area contributed by atoms with E-state index in [1.54, 1.807) is 18.2 Å². The minimum Gasteiger partial charge on any atom is -0.489 e. The number of ether oxygens (including phenoxy) is 3.